The number of nitrogens with one attached hydrogen (secondary N) is 2. The summed E-state index contributed by atoms with van der Waals surface area (Å²) in [6.07, 6.45) is 9.03. The molecule has 2 aromatic rings. The number of oxime groups is 1. The van der Waals surface area contributed by atoms with Crippen LogP contribution in [0.3, 0.4) is 0 Å². The Labute approximate surface area is 145 Å². The minimum atomic E-state index is -0.941. The van der Waals surface area contributed by atoms with Gasteiger partial charge in [-0.25, -0.2) is 4.98 Å². The highest BCUT2D eigenvalue weighted by Gasteiger charge is 2.57. The van der Waals surface area contributed by atoms with Gasteiger partial charge in [0.2, 0.25) is 0 Å². The molecule has 2 aromatic heterocycles. The topological polar surface area (TPSA) is 120 Å². The van der Waals surface area contributed by atoms with Crippen molar-refractivity contribution in [3.8, 4) is 0 Å². The van der Waals surface area contributed by atoms with Gasteiger partial charge in [-0.15, -0.1) is 0 Å². The number of aliphatic hydroxyl groups is 1. The second-order valence-corrected chi connectivity index (χ2v) is 8.03. The third kappa shape index (κ3) is 2.08. The number of amidine groups is 1. The lowest BCUT2D eigenvalue weighted by Crippen LogP contribution is -2.61. The Kier molecular flexibility index (Phi) is 3.07. The van der Waals surface area contributed by atoms with Gasteiger partial charge in [0.1, 0.15) is 11.4 Å². The summed E-state index contributed by atoms with van der Waals surface area (Å²) in [4.78, 5) is 7.41. The molecule has 2 heterocycles. The van der Waals surface area contributed by atoms with Crippen LogP contribution in [0.5, 0.6) is 0 Å². The number of nitrogens with zero attached hydrogens (tertiary/aromatic N) is 2. The van der Waals surface area contributed by atoms with Crippen LogP contribution in [0.4, 0.5) is 5.69 Å². The first kappa shape index (κ1) is 15.0. The van der Waals surface area contributed by atoms with E-state index in [1.165, 1.54) is 6.42 Å². The van der Waals surface area contributed by atoms with E-state index in [4.69, 9.17) is 10.9 Å². The van der Waals surface area contributed by atoms with E-state index in [9.17, 15) is 5.11 Å². The Morgan fingerprint density at radius 3 is 2.56 bits per heavy atom. The Morgan fingerprint density at radius 2 is 1.92 bits per heavy atom. The minimum Gasteiger partial charge on any atom is -0.409 e. The molecule has 0 aromatic carbocycles. The smallest absolute Gasteiger partial charge is 0.173 e. The Morgan fingerprint density at radius 1 is 1.24 bits per heavy atom. The molecule has 25 heavy (non-hydrogen) atoms. The molecule has 0 radical (unpaired) electrons. The van der Waals surface area contributed by atoms with Crippen LogP contribution in [0.25, 0.3) is 11.0 Å². The van der Waals surface area contributed by atoms with Gasteiger partial charge >= 0.3 is 0 Å². The molecule has 132 valence electrons. The number of pyridine rings is 1. The van der Waals surface area contributed by atoms with Crippen molar-refractivity contribution in [1.82, 2.24) is 9.97 Å². The molecule has 0 spiro atoms. The average molecular weight is 341 g/mol. The predicted octanol–water partition coefficient (Wildman–Crippen LogP) is 2.21. The number of fused-ring (bicyclic) bond motifs is 1. The quantitative estimate of drug-likeness (QED) is 0.193. The highest BCUT2D eigenvalue weighted by Crippen LogP contribution is 2.58. The van der Waals surface area contributed by atoms with E-state index in [-0.39, 0.29) is 17.7 Å². The Bertz CT molecular complexity index is 830. The molecule has 0 atom stereocenters. The van der Waals surface area contributed by atoms with E-state index >= 15 is 0 Å². The van der Waals surface area contributed by atoms with Crippen molar-refractivity contribution in [2.75, 3.05) is 5.32 Å². The third-order valence-electron chi connectivity index (χ3n) is 6.68. The van der Waals surface area contributed by atoms with Crippen LogP contribution >= 0.6 is 0 Å². The summed E-state index contributed by atoms with van der Waals surface area (Å²) >= 11 is 0. The predicted molar refractivity (Wildman–Crippen MR) is 94.2 cm³/mol. The maximum Gasteiger partial charge on any atom is 0.173 e. The molecular formula is C18H23N5O2. The van der Waals surface area contributed by atoms with Crippen LogP contribution in [0.1, 0.15) is 37.7 Å². The molecule has 7 nitrogen and oxygen atoms in total. The fourth-order valence-electron chi connectivity index (χ4n) is 5.70. The fraction of sp³-hybridized carbons (Fsp3) is 0.556. The van der Waals surface area contributed by atoms with Crippen LogP contribution in [-0.4, -0.2) is 31.8 Å². The molecule has 4 bridgehead atoms. The maximum atomic E-state index is 11.6. The van der Waals surface area contributed by atoms with Crippen molar-refractivity contribution in [2.24, 2.45) is 34.6 Å². The zero-order valence-corrected chi connectivity index (χ0v) is 13.9. The van der Waals surface area contributed by atoms with Gasteiger partial charge in [0.25, 0.3) is 0 Å². The van der Waals surface area contributed by atoms with Crippen molar-refractivity contribution >= 4 is 22.6 Å². The SMILES string of the molecule is NC(=NO)c1cnc2[nH]ccc2c1N[C@]1(O)C2CC3CC1C[C@H](C3)C2. The number of hydrogen-bond donors (Lipinski definition) is 5. The van der Waals surface area contributed by atoms with Crippen molar-refractivity contribution in [1.29, 1.82) is 0 Å². The Balaban J connectivity index is 1.61. The van der Waals surface area contributed by atoms with Crippen molar-refractivity contribution in [2.45, 2.75) is 37.8 Å². The molecule has 0 saturated heterocycles. The van der Waals surface area contributed by atoms with Gasteiger partial charge in [-0.2, -0.15) is 0 Å². The molecule has 4 saturated carbocycles. The fourth-order valence-corrected chi connectivity index (χ4v) is 5.70. The first-order valence-electron chi connectivity index (χ1n) is 9.03. The van der Waals surface area contributed by atoms with Gasteiger partial charge in [-0.1, -0.05) is 5.16 Å². The minimum absolute atomic E-state index is 0.00878. The standard InChI is InChI=1S/C18H23N5O2/c19-16(23-25)14-8-21-17-13(1-2-20-17)15(14)22-18(24)11-4-9-3-10(6-11)7-12(18)5-9/h1-2,8-12,24-25H,3-7H2,(H2,19,23)(H2,20,21,22)/t9-,10?,11?,12?,18+. The molecule has 0 unspecified atom stereocenters. The van der Waals surface area contributed by atoms with Gasteiger partial charge in [0, 0.05) is 29.6 Å². The zero-order chi connectivity index (χ0) is 17.2. The van der Waals surface area contributed by atoms with Crippen LogP contribution in [0, 0.1) is 23.7 Å². The van der Waals surface area contributed by atoms with Crippen molar-refractivity contribution < 1.29 is 10.3 Å². The van der Waals surface area contributed by atoms with E-state index in [1.807, 2.05) is 6.07 Å². The first-order valence-corrected chi connectivity index (χ1v) is 9.03. The number of rotatable bonds is 3. The van der Waals surface area contributed by atoms with Crippen LogP contribution in [0.2, 0.25) is 0 Å². The first-order chi connectivity index (χ1) is 12.1. The van der Waals surface area contributed by atoms with E-state index in [1.54, 1.807) is 12.4 Å². The van der Waals surface area contributed by atoms with E-state index < -0.39 is 5.72 Å². The van der Waals surface area contributed by atoms with Gasteiger partial charge in [0.05, 0.1) is 11.3 Å². The normalized spacial score (nSPS) is 36.9. The number of hydrogen-bond acceptors (Lipinski definition) is 5. The summed E-state index contributed by atoms with van der Waals surface area (Å²) in [6, 6.07) is 1.90. The largest absolute Gasteiger partial charge is 0.409 e. The highest BCUT2D eigenvalue weighted by molar-refractivity contribution is 6.08. The highest BCUT2D eigenvalue weighted by atomic mass is 16.4. The molecular weight excluding hydrogens is 318 g/mol. The summed E-state index contributed by atoms with van der Waals surface area (Å²) in [7, 11) is 0. The summed E-state index contributed by atoms with van der Waals surface area (Å²) in [6.45, 7) is 0. The van der Waals surface area contributed by atoms with Crippen LogP contribution in [-0.2, 0) is 0 Å². The summed E-state index contributed by atoms with van der Waals surface area (Å²) in [5, 5.41) is 28.2. The number of anilines is 1. The molecule has 4 aliphatic carbocycles. The van der Waals surface area contributed by atoms with E-state index in [0.717, 1.165) is 42.9 Å². The number of aromatic amines is 1. The van der Waals surface area contributed by atoms with Crippen molar-refractivity contribution in [3.05, 3.63) is 24.0 Å². The number of H-pyrrole nitrogens is 1. The summed E-state index contributed by atoms with van der Waals surface area (Å²) < 4.78 is 0. The molecule has 6 rings (SSSR count). The molecule has 4 fully saturated rings. The van der Waals surface area contributed by atoms with Crippen molar-refractivity contribution in [3.63, 3.8) is 0 Å². The second-order valence-electron chi connectivity index (χ2n) is 8.03. The van der Waals surface area contributed by atoms with Gasteiger partial charge in [0.15, 0.2) is 5.84 Å². The lowest BCUT2D eigenvalue weighted by Gasteiger charge is -2.59. The lowest BCUT2D eigenvalue weighted by atomic mass is 9.52. The summed E-state index contributed by atoms with van der Waals surface area (Å²) in [5.74, 6) is 2.03. The third-order valence-corrected chi connectivity index (χ3v) is 6.68. The molecule has 6 N–H and O–H groups in total. The van der Waals surface area contributed by atoms with E-state index in [2.05, 4.69) is 20.4 Å². The lowest BCUT2D eigenvalue weighted by molar-refractivity contribution is -0.154. The van der Waals surface area contributed by atoms with Gasteiger partial charge in [-0.3, -0.25) is 0 Å². The number of nitrogens with two attached hydrogens (primary N) is 1. The maximum absolute atomic E-state index is 11.6. The van der Waals surface area contributed by atoms with Gasteiger partial charge in [-0.05, 0) is 50.0 Å². The number of aromatic nitrogens is 2. The van der Waals surface area contributed by atoms with Crippen LogP contribution < -0.4 is 11.1 Å². The second kappa shape index (κ2) is 5.11. The van der Waals surface area contributed by atoms with E-state index in [0.29, 0.717) is 16.9 Å². The molecule has 7 heteroatoms. The Hall–Kier alpha value is -2.28. The summed E-state index contributed by atoms with van der Waals surface area (Å²) in [5.41, 5.74) is 6.85. The van der Waals surface area contributed by atoms with Crippen LogP contribution in [0.15, 0.2) is 23.6 Å². The average Bonchev–Trinajstić information content (AvgIpc) is 3.08. The molecule has 0 amide bonds. The molecule has 4 aliphatic rings. The van der Waals surface area contributed by atoms with Gasteiger partial charge < -0.3 is 26.3 Å². The zero-order valence-electron chi connectivity index (χ0n) is 13.9. The monoisotopic (exact) mass is 341 g/mol. The molecule has 0 aliphatic heterocycles.